The number of aliphatic hydroxyl groups excluding tert-OH is 1. The molecule has 4 bridgehead atoms. The molecule has 0 aliphatic heterocycles. The third kappa shape index (κ3) is 3.47. The monoisotopic (exact) mass is 351 g/mol. The molecule has 7 heteroatoms. The third-order valence-electron chi connectivity index (χ3n) is 5.81. The van der Waals surface area contributed by atoms with Crippen LogP contribution in [0.15, 0.2) is 4.52 Å². The van der Waals surface area contributed by atoms with Gasteiger partial charge in [-0.05, 0) is 56.3 Å². The fourth-order valence-electron chi connectivity index (χ4n) is 5.25. The van der Waals surface area contributed by atoms with Crippen LogP contribution < -0.4 is 5.32 Å². The van der Waals surface area contributed by atoms with Crippen molar-refractivity contribution < 1.29 is 14.4 Å². The Morgan fingerprint density at radius 1 is 1.25 bits per heavy atom. The Kier molecular flexibility index (Phi) is 4.56. The summed E-state index contributed by atoms with van der Waals surface area (Å²) in [6.45, 7) is 0.256. The van der Waals surface area contributed by atoms with E-state index >= 15 is 0 Å². The van der Waals surface area contributed by atoms with E-state index in [1.165, 1.54) is 38.5 Å². The zero-order valence-electron chi connectivity index (χ0n) is 13.9. The zero-order chi connectivity index (χ0) is 16.6. The van der Waals surface area contributed by atoms with Crippen LogP contribution in [0.5, 0.6) is 0 Å². The number of nitrogens with zero attached hydrogens (tertiary/aromatic N) is 2. The van der Waals surface area contributed by atoms with Crippen molar-refractivity contribution in [3.63, 3.8) is 0 Å². The smallest absolute Gasteiger partial charge is 0.252 e. The first-order valence-corrected chi connectivity index (χ1v) is 9.96. The number of thioether (sulfide) groups is 1. The van der Waals surface area contributed by atoms with E-state index in [0.717, 1.165) is 17.8 Å². The molecular weight excluding hydrogens is 326 g/mol. The van der Waals surface area contributed by atoms with Gasteiger partial charge in [0.2, 0.25) is 5.91 Å². The Bertz CT molecular complexity index is 568. The molecule has 132 valence electrons. The highest BCUT2D eigenvalue weighted by Crippen LogP contribution is 2.60. The molecule has 0 unspecified atom stereocenters. The Morgan fingerprint density at radius 3 is 2.50 bits per heavy atom. The molecule has 1 heterocycles. The average molecular weight is 351 g/mol. The van der Waals surface area contributed by atoms with Crippen LogP contribution in [0.3, 0.4) is 0 Å². The van der Waals surface area contributed by atoms with Gasteiger partial charge in [0, 0.05) is 17.7 Å². The van der Waals surface area contributed by atoms with E-state index in [1.807, 2.05) is 11.8 Å². The first kappa shape index (κ1) is 16.4. The molecule has 6 nitrogen and oxygen atoms in total. The number of rotatable bonds is 7. The first-order valence-electron chi connectivity index (χ1n) is 8.97. The molecule has 1 amide bonds. The molecule has 0 radical (unpaired) electrons. The average Bonchev–Trinajstić information content (AvgIpc) is 3.00. The van der Waals surface area contributed by atoms with Crippen LogP contribution in [0.2, 0.25) is 0 Å². The molecule has 4 fully saturated rings. The van der Waals surface area contributed by atoms with Gasteiger partial charge >= 0.3 is 0 Å². The van der Waals surface area contributed by atoms with Gasteiger partial charge in [0.15, 0.2) is 5.82 Å². The Balaban J connectivity index is 1.21. The summed E-state index contributed by atoms with van der Waals surface area (Å²) in [7, 11) is 0. The second kappa shape index (κ2) is 6.67. The topological polar surface area (TPSA) is 88.2 Å². The molecular formula is C17H25N3O3S. The minimum absolute atomic E-state index is 0.0987. The van der Waals surface area contributed by atoms with Crippen LogP contribution in [-0.4, -0.2) is 38.2 Å². The first-order chi connectivity index (χ1) is 11.6. The van der Waals surface area contributed by atoms with E-state index in [1.54, 1.807) is 0 Å². The highest BCUT2D eigenvalue weighted by molar-refractivity contribution is 8.01. The van der Waals surface area contributed by atoms with Gasteiger partial charge in [-0.1, -0.05) is 5.16 Å². The van der Waals surface area contributed by atoms with Crippen molar-refractivity contribution in [2.45, 2.75) is 56.3 Å². The fraction of sp³-hybridized carbons (Fsp3) is 0.824. The van der Waals surface area contributed by atoms with E-state index in [-0.39, 0.29) is 18.4 Å². The van der Waals surface area contributed by atoms with E-state index in [2.05, 4.69) is 15.5 Å². The van der Waals surface area contributed by atoms with Gasteiger partial charge in [-0.2, -0.15) is 4.98 Å². The minimum Gasteiger partial charge on any atom is -0.387 e. The molecule has 0 spiro atoms. The van der Waals surface area contributed by atoms with Crippen LogP contribution in [0.1, 0.15) is 50.2 Å². The van der Waals surface area contributed by atoms with Crippen molar-refractivity contribution in [3.05, 3.63) is 11.7 Å². The van der Waals surface area contributed by atoms with Crippen molar-refractivity contribution in [1.82, 2.24) is 15.5 Å². The van der Waals surface area contributed by atoms with Gasteiger partial charge in [0.25, 0.3) is 5.89 Å². The number of carbonyl (C=O) groups is 1. The summed E-state index contributed by atoms with van der Waals surface area (Å²) < 4.78 is 5.21. The van der Waals surface area contributed by atoms with E-state index in [4.69, 9.17) is 9.63 Å². The Hall–Kier alpha value is -1.08. The number of carbonyl (C=O) groups excluding carboxylic acids is 1. The van der Waals surface area contributed by atoms with E-state index in [9.17, 15) is 4.79 Å². The van der Waals surface area contributed by atoms with Crippen LogP contribution in [-0.2, 0) is 17.8 Å². The van der Waals surface area contributed by atoms with Gasteiger partial charge in [0.1, 0.15) is 6.61 Å². The quantitative estimate of drug-likeness (QED) is 0.780. The Morgan fingerprint density at radius 2 is 1.92 bits per heavy atom. The molecule has 1 aromatic heterocycles. The van der Waals surface area contributed by atoms with Crippen LogP contribution in [0, 0.1) is 17.8 Å². The molecule has 0 atom stereocenters. The Labute approximate surface area is 146 Å². The summed E-state index contributed by atoms with van der Waals surface area (Å²) in [5, 5.41) is 15.6. The van der Waals surface area contributed by atoms with Gasteiger partial charge in [-0.3, -0.25) is 4.79 Å². The maximum Gasteiger partial charge on any atom is 0.252 e. The van der Waals surface area contributed by atoms with Crippen LogP contribution >= 0.6 is 11.8 Å². The lowest BCUT2D eigenvalue weighted by Crippen LogP contribution is -2.49. The van der Waals surface area contributed by atoms with Crippen molar-refractivity contribution in [2.24, 2.45) is 17.8 Å². The van der Waals surface area contributed by atoms with E-state index in [0.29, 0.717) is 29.3 Å². The predicted molar refractivity (Wildman–Crippen MR) is 90.3 cm³/mol. The molecule has 4 aliphatic rings. The lowest BCUT2D eigenvalue weighted by molar-refractivity contribution is -0.118. The predicted octanol–water partition coefficient (Wildman–Crippen LogP) is 1.92. The van der Waals surface area contributed by atoms with Crippen molar-refractivity contribution in [1.29, 1.82) is 0 Å². The molecule has 5 rings (SSSR count). The minimum atomic E-state index is -0.249. The van der Waals surface area contributed by atoms with Gasteiger partial charge in [-0.15, -0.1) is 11.8 Å². The normalized spacial score (nSPS) is 33.8. The van der Waals surface area contributed by atoms with Crippen molar-refractivity contribution in [3.8, 4) is 0 Å². The van der Waals surface area contributed by atoms with Gasteiger partial charge < -0.3 is 14.9 Å². The molecule has 24 heavy (non-hydrogen) atoms. The van der Waals surface area contributed by atoms with Gasteiger partial charge in [0.05, 0.1) is 5.75 Å². The molecule has 1 aromatic rings. The van der Waals surface area contributed by atoms with Crippen LogP contribution in [0.4, 0.5) is 0 Å². The number of hydrogen-bond donors (Lipinski definition) is 2. The number of amides is 1. The third-order valence-corrected chi connectivity index (χ3v) is 7.33. The maximum absolute atomic E-state index is 12.2. The van der Waals surface area contributed by atoms with Crippen LogP contribution in [0.25, 0.3) is 0 Å². The number of aromatic nitrogens is 2. The summed E-state index contributed by atoms with van der Waals surface area (Å²) in [5.74, 6) is 4.16. The second-order valence-corrected chi connectivity index (χ2v) is 9.20. The summed E-state index contributed by atoms with van der Waals surface area (Å²) in [4.78, 5) is 16.2. The highest BCUT2D eigenvalue weighted by Gasteiger charge is 2.51. The summed E-state index contributed by atoms with van der Waals surface area (Å²) in [6.07, 6.45) is 8.81. The maximum atomic E-state index is 12.2. The van der Waals surface area contributed by atoms with E-state index < -0.39 is 0 Å². The number of aliphatic hydroxyl groups is 1. The zero-order valence-corrected chi connectivity index (χ0v) is 14.7. The second-order valence-electron chi connectivity index (χ2n) is 7.75. The summed E-state index contributed by atoms with van der Waals surface area (Å²) >= 11 is 1.90. The molecule has 2 N–H and O–H groups in total. The lowest BCUT2D eigenvalue weighted by atomic mass is 9.56. The van der Waals surface area contributed by atoms with Crippen molar-refractivity contribution in [2.75, 3.05) is 12.3 Å². The SMILES string of the molecule is O=C(CSC12CC3CC(CC(C3)C1)C2)NCCc1noc(CO)n1. The number of nitrogens with one attached hydrogen (secondary N) is 1. The summed E-state index contributed by atoms with van der Waals surface area (Å²) in [5.41, 5.74) is 0. The molecule has 4 saturated carbocycles. The van der Waals surface area contributed by atoms with Crippen molar-refractivity contribution >= 4 is 17.7 Å². The molecule has 4 aliphatic carbocycles. The molecule has 0 aromatic carbocycles. The number of hydrogen-bond acceptors (Lipinski definition) is 6. The standard InChI is InChI=1S/C17H25N3O3S/c21-9-16-19-14(20-23-16)1-2-18-15(22)10-24-17-6-11-3-12(7-17)5-13(4-11)8-17/h11-13,21H,1-10H2,(H,18,22). The summed E-state index contributed by atoms with van der Waals surface area (Å²) in [6, 6.07) is 0. The van der Waals surface area contributed by atoms with Gasteiger partial charge in [-0.25, -0.2) is 0 Å². The largest absolute Gasteiger partial charge is 0.387 e. The molecule has 0 saturated heterocycles. The fourth-order valence-corrected chi connectivity index (χ4v) is 6.85. The highest BCUT2D eigenvalue weighted by atomic mass is 32.2. The lowest BCUT2D eigenvalue weighted by Gasteiger charge is -2.56.